The molecule has 0 spiro atoms. The molecule has 162 valence electrons. The van der Waals surface area contributed by atoms with E-state index in [1.807, 2.05) is 52.9 Å². The Morgan fingerprint density at radius 3 is 2.68 bits per heavy atom. The molecule has 0 unspecified atom stereocenters. The number of benzene rings is 1. The van der Waals surface area contributed by atoms with E-state index >= 15 is 0 Å². The number of amides is 2. The minimum atomic E-state index is -0.0201. The molecule has 8 nitrogen and oxygen atoms in total. The SMILES string of the molecule is CNC(=O)CN1CCN(C(=O)c2cccc(OCc3cn4cc(C)ccc4n3)c2)CC1. The molecule has 2 amide bonds. The number of aryl methyl sites for hydroxylation is 1. The summed E-state index contributed by atoms with van der Waals surface area (Å²) in [5, 5.41) is 2.63. The predicted octanol–water partition coefficient (Wildman–Crippen LogP) is 1.73. The summed E-state index contributed by atoms with van der Waals surface area (Å²) < 4.78 is 7.89. The molecule has 1 N–H and O–H groups in total. The lowest BCUT2D eigenvalue weighted by molar-refractivity contribution is -0.122. The summed E-state index contributed by atoms with van der Waals surface area (Å²) in [7, 11) is 1.63. The number of ether oxygens (including phenoxy) is 1. The summed E-state index contributed by atoms with van der Waals surface area (Å²) >= 11 is 0. The van der Waals surface area contributed by atoms with E-state index in [4.69, 9.17) is 4.74 Å². The third-order valence-electron chi connectivity index (χ3n) is 5.42. The monoisotopic (exact) mass is 421 g/mol. The molecule has 3 heterocycles. The van der Waals surface area contributed by atoms with Crippen LogP contribution in [0, 0.1) is 6.92 Å². The summed E-state index contributed by atoms with van der Waals surface area (Å²) in [6, 6.07) is 11.3. The van der Waals surface area contributed by atoms with Gasteiger partial charge in [0.05, 0.1) is 12.2 Å². The average molecular weight is 422 g/mol. The van der Waals surface area contributed by atoms with Crippen molar-refractivity contribution in [2.24, 2.45) is 0 Å². The Hall–Kier alpha value is -3.39. The van der Waals surface area contributed by atoms with Gasteiger partial charge in [-0.3, -0.25) is 14.5 Å². The van der Waals surface area contributed by atoms with Gasteiger partial charge in [-0.05, 0) is 36.8 Å². The van der Waals surface area contributed by atoms with Crippen molar-refractivity contribution in [1.29, 1.82) is 0 Å². The molecule has 4 rings (SSSR count). The number of hydrogen-bond donors (Lipinski definition) is 1. The van der Waals surface area contributed by atoms with Crippen LogP contribution in [0.25, 0.3) is 5.65 Å². The van der Waals surface area contributed by atoms with E-state index in [2.05, 4.69) is 15.2 Å². The smallest absolute Gasteiger partial charge is 0.254 e. The summed E-state index contributed by atoms with van der Waals surface area (Å²) in [6.07, 6.45) is 3.98. The van der Waals surface area contributed by atoms with Crippen LogP contribution in [-0.2, 0) is 11.4 Å². The third-order valence-corrected chi connectivity index (χ3v) is 5.42. The molecular weight excluding hydrogens is 394 g/mol. The van der Waals surface area contributed by atoms with E-state index in [9.17, 15) is 9.59 Å². The van der Waals surface area contributed by atoms with Crippen molar-refractivity contribution in [3.63, 3.8) is 0 Å². The molecule has 1 saturated heterocycles. The highest BCUT2D eigenvalue weighted by Crippen LogP contribution is 2.18. The molecule has 0 radical (unpaired) electrons. The van der Waals surface area contributed by atoms with E-state index in [1.165, 1.54) is 0 Å². The number of likely N-dealkylation sites (N-methyl/N-ethyl adjacent to an activating group) is 1. The minimum absolute atomic E-state index is 0.00892. The van der Waals surface area contributed by atoms with Crippen LogP contribution >= 0.6 is 0 Å². The number of imidazole rings is 1. The van der Waals surface area contributed by atoms with E-state index < -0.39 is 0 Å². The first-order valence-corrected chi connectivity index (χ1v) is 10.4. The number of aromatic nitrogens is 2. The summed E-state index contributed by atoms with van der Waals surface area (Å²) in [5.74, 6) is 0.607. The summed E-state index contributed by atoms with van der Waals surface area (Å²) in [4.78, 5) is 32.9. The van der Waals surface area contributed by atoms with Gasteiger partial charge in [-0.15, -0.1) is 0 Å². The maximum atomic E-state index is 12.9. The first-order valence-electron chi connectivity index (χ1n) is 10.4. The van der Waals surface area contributed by atoms with Crippen molar-refractivity contribution in [2.75, 3.05) is 39.8 Å². The standard InChI is InChI=1S/C23H27N5O3/c1-17-6-7-21-25-19(14-28(21)13-17)16-31-20-5-3-4-18(12-20)23(30)27-10-8-26(9-11-27)15-22(29)24-2/h3-7,12-14H,8-11,15-16H2,1-2H3,(H,24,29). The molecule has 31 heavy (non-hydrogen) atoms. The number of carbonyl (C=O) groups is 2. The number of rotatable bonds is 6. The fourth-order valence-electron chi connectivity index (χ4n) is 3.68. The van der Waals surface area contributed by atoms with Gasteiger partial charge in [-0.25, -0.2) is 4.98 Å². The van der Waals surface area contributed by atoms with E-state index in [-0.39, 0.29) is 11.8 Å². The molecule has 2 aromatic heterocycles. The molecule has 1 aliphatic rings. The highest BCUT2D eigenvalue weighted by Gasteiger charge is 2.23. The minimum Gasteiger partial charge on any atom is -0.487 e. The van der Waals surface area contributed by atoms with Crippen molar-refractivity contribution >= 4 is 17.5 Å². The Bertz CT molecular complexity index is 1090. The molecule has 3 aromatic rings. The number of carbonyl (C=O) groups excluding carboxylic acids is 2. The van der Waals surface area contributed by atoms with Gasteiger partial charge < -0.3 is 19.4 Å². The predicted molar refractivity (Wildman–Crippen MR) is 117 cm³/mol. The number of pyridine rings is 1. The van der Waals surface area contributed by atoms with Crippen LogP contribution in [0.1, 0.15) is 21.6 Å². The van der Waals surface area contributed by atoms with Gasteiger partial charge in [0.15, 0.2) is 0 Å². The first kappa shape index (κ1) is 20.9. The van der Waals surface area contributed by atoms with Crippen molar-refractivity contribution in [3.05, 3.63) is 65.6 Å². The average Bonchev–Trinajstić information content (AvgIpc) is 3.20. The zero-order chi connectivity index (χ0) is 21.8. The second-order valence-electron chi connectivity index (χ2n) is 7.76. The van der Waals surface area contributed by atoms with E-state index in [0.29, 0.717) is 50.6 Å². The third kappa shape index (κ3) is 5.03. The molecular formula is C23H27N5O3. The number of hydrogen-bond acceptors (Lipinski definition) is 5. The van der Waals surface area contributed by atoms with E-state index in [1.54, 1.807) is 19.2 Å². The Morgan fingerprint density at radius 2 is 1.90 bits per heavy atom. The molecule has 0 bridgehead atoms. The largest absolute Gasteiger partial charge is 0.487 e. The lowest BCUT2D eigenvalue weighted by Crippen LogP contribution is -2.50. The van der Waals surface area contributed by atoms with Crippen molar-refractivity contribution < 1.29 is 14.3 Å². The Labute approximate surface area is 181 Å². The highest BCUT2D eigenvalue weighted by molar-refractivity contribution is 5.94. The Morgan fingerprint density at radius 1 is 1.10 bits per heavy atom. The van der Waals surface area contributed by atoms with Crippen LogP contribution in [0.4, 0.5) is 0 Å². The number of nitrogens with zero attached hydrogens (tertiary/aromatic N) is 4. The quantitative estimate of drug-likeness (QED) is 0.656. The zero-order valence-electron chi connectivity index (χ0n) is 17.9. The van der Waals surface area contributed by atoms with Crippen molar-refractivity contribution in [1.82, 2.24) is 24.5 Å². The van der Waals surface area contributed by atoms with E-state index in [0.717, 1.165) is 16.9 Å². The normalized spacial score (nSPS) is 14.6. The summed E-state index contributed by atoms with van der Waals surface area (Å²) in [5.41, 5.74) is 3.47. The molecule has 8 heteroatoms. The van der Waals surface area contributed by atoms with Gasteiger partial charge in [-0.2, -0.15) is 0 Å². The van der Waals surface area contributed by atoms with Crippen molar-refractivity contribution in [3.8, 4) is 5.75 Å². The van der Waals surface area contributed by atoms with Crippen LogP contribution in [0.2, 0.25) is 0 Å². The van der Waals surface area contributed by atoms with Crippen LogP contribution < -0.4 is 10.1 Å². The van der Waals surface area contributed by atoms with Crippen LogP contribution in [0.5, 0.6) is 5.75 Å². The van der Waals surface area contributed by atoms with Crippen LogP contribution in [0.15, 0.2) is 48.8 Å². The number of piperazine rings is 1. The van der Waals surface area contributed by atoms with Gasteiger partial charge in [-0.1, -0.05) is 12.1 Å². The van der Waals surface area contributed by atoms with Crippen molar-refractivity contribution in [2.45, 2.75) is 13.5 Å². The first-order chi connectivity index (χ1) is 15.0. The van der Waals surface area contributed by atoms with Gasteiger partial charge in [0.2, 0.25) is 5.91 Å². The topological polar surface area (TPSA) is 79.2 Å². The second kappa shape index (κ2) is 9.18. The molecule has 0 atom stereocenters. The molecule has 0 aliphatic carbocycles. The van der Waals surface area contributed by atoms with Gasteiger partial charge >= 0.3 is 0 Å². The molecule has 1 aromatic carbocycles. The fourth-order valence-corrected chi connectivity index (χ4v) is 3.68. The highest BCUT2D eigenvalue weighted by atomic mass is 16.5. The lowest BCUT2D eigenvalue weighted by Gasteiger charge is -2.34. The Balaban J connectivity index is 1.35. The lowest BCUT2D eigenvalue weighted by atomic mass is 10.1. The van der Waals surface area contributed by atoms with Crippen LogP contribution in [0.3, 0.4) is 0 Å². The number of nitrogens with one attached hydrogen (secondary N) is 1. The van der Waals surface area contributed by atoms with Gasteiger partial charge in [0.1, 0.15) is 18.0 Å². The maximum absolute atomic E-state index is 12.9. The molecule has 1 aliphatic heterocycles. The second-order valence-corrected chi connectivity index (χ2v) is 7.76. The van der Waals surface area contributed by atoms with Crippen LogP contribution in [-0.4, -0.2) is 70.8 Å². The molecule has 0 saturated carbocycles. The zero-order valence-corrected chi connectivity index (χ0v) is 17.9. The molecule has 1 fully saturated rings. The van der Waals surface area contributed by atoms with Gasteiger partial charge in [0, 0.05) is 51.2 Å². The fraction of sp³-hybridized carbons (Fsp3) is 0.348. The van der Waals surface area contributed by atoms with Gasteiger partial charge in [0.25, 0.3) is 5.91 Å². The number of fused-ring (bicyclic) bond motifs is 1. The summed E-state index contributed by atoms with van der Waals surface area (Å²) in [6.45, 7) is 5.30. The Kier molecular flexibility index (Phi) is 6.18. The maximum Gasteiger partial charge on any atom is 0.254 e.